The largest absolute Gasteiger partial charge is 0.497 e. The molecule has 0 bridgehead atoms. The first-order chi connectivity index (χ1) is 17.4. The zero-order valence-electron chi connectivity index (χ0n) is 19.4. The SMILES string of the molecule is COc1ccc(S(=O)(=O)N2CCCC2C(=O)N(Cc2cccnc2)c2nc3ccc(Br)cc3s2)cc1. The lowest BCUT2D eigenvalue weighted by Crippen LogP contribution is -2.47. The molecule has 1 aliphatic rings. The standard InChI is InChI=1S/C25H23BrN4O4S2/c1-34-19-7-9-20(10-8-19)36(32,33)30-13-3-5-22(30)24(31)29(16-17-4-2-12-27-15-17)25-28-21-11-6-18(26)14-23(21)35-25/h2,4,6-12,14-15,22H,3,5,13,16H2,1H3. The summed E-state index contributed by atoms with van der Waals surface area (Å²) in [5.74, 6) is 0.264. The maximum Gasteiger partial charge on any atom is 0.247 e. The van der Waals surface area contributed by atoms with Gasteiger partial charge in [-0.2, -0.15) is 4.31 Å². The number of benzene rings is 2. The van der Waals surface area contributed by atoms with Crippen LogP contribution in [-0.2, 0) is 21.4 Å². The Morgan fingerprint density at radius 3 is 2.75 bits per heavy atom. The number of carbonyl (C=O) groups is 1. The minimum absolute atomic E-state index is 0.131. The highest BCUT2D eigenvalue weighted by Crippen LogP contribution is 2.34. The third-order valence-electron chi connectivity index (χ3n) is 6.05. The molecule has 1 amide bonds. The number of hydrogen-bond acceptors (Lipinski definition) is 7. The molecule has 4 aromatic rings. The van der Waals surface area contributed by atoms with Crippen molar-refractivity contribution in [3.05, 3.63) is 77.0 Å². The lowest BCUT2D eigenvalue weighted by molar-refractivity contribution is -0.121. The number of sulfonamides is 1. The number of rotatable bonds is 7. The number of aromatic nitrogens is 2. The summed E-state index contributed by atoms with van der Waals surface area (Å²) in [6.07, 6.45) is 4.41. The highest BCUT2D eigenvalue weighted by Gasteiger charge is 2.42. The van der Waals surface area contributed by atoms with Crippen LogP contribution in [0.1, 0.15) is 18.4 Å². The lowest BCUT2D eigenvalue weighted by atomic mass is 10.2. The molecule has 11 heteroatoms. The smallest absolute Gasteiger partial charge is 0.247 e. The Morgan fingerprint density at radius 1 is 1.22 bits per heavy atom. The number of methoxy groups -OCH3 is 1. The van der Waals surface area contributed by atoms with Crippen LogP contribution in [0.25, 0.3) is 10.2 Å². The van der Waals surface area contributed by atoms with Gasteiger partial charge in [0.05, 0.1) is 28.8 Å². The molecule has 3 heterocycles. The number of ether oxygens (including phenoxy) is 1. The molecule has 5 rings (SSSR count). The Balaban J connectivity index is 1.51. The molecule has 2 aromatic carbocycles. The van der Waals surface area contributed by atoms with Gasteiger partial charge in [0, 0.05) is 23.4 Å². The molecule has 2 aromatic heterocycles. The summed E-state index contributed by atoms with van der Waals surface area (Å²) < 4.78 is 35.4. The van der Waals surface area contributed by atoms with Gasteiger partial charge in [-0.1, -0.05) is 33.3 Å². The van der Waals surface area contributed by atoms with Gasteiger partial charge in [0.15, 0.2) is 5.13 Å². The molecule has 1 fully saturated rings. The lowest BCUT2D eigenvalue weighted by Gasteiger charge is -2.28. The van der Waals surface area contributed by atoms with Crippen LogP contribution in [-0.4, -0.2) is 48.3 Å². The van der Waals surface area contributed by atoms with Gasteiger partial charge in [0.25, 0.3) is 0 Å². The molecule has 186 valence electrons. The molecule has 36 heavy (non-hydrogen) atoms. The number of thiazole rings is 1. The van der Waals surface area contributed by atoms with Gasteiger partial charge in [-0.15, -0.1) is 0 Å². The summed E-state index contributed by atoms with van der Waals surface area (Å²) >= 11 is 4.88. The number of pyridine rings is 1. The monoisotopic (exact) mass is 586 g/mol. The molecule has 0 radical (unpaired) electrons. The van der Waals surface area contributed by atoms with Crippen molar-refractivity contribution in [2.75, 3.05) is 18.6 Å². The van der Waals surface area contributed by atoms with E-state index in [4.69, 9.17) is 9.72 Å². The third kappa shape index (κ3) is 4.88. The molecule has 0 aliphatic carbocycles. The molecular formula is C25H23BrN4O4S2. The number of nitrogens with zero attached hydrogens (tertiary/aromatic N) is 4. The minimum Gasteiger partial charge on any atom is -0.497 e. The predicted octanol–water partition coefficient (Wildman–Crippen LogP) is 4.85. The van der Waals surface area contributed by atoms with Crippen molar-refractivity contribution in [1.82, 2.24) is 14.3 Å². The van der Waals surface area contributed by atoms with Crippen LogP contribution < -0.4 is 9.64 Å². The van der Waals surface area contributed by atoms with Crippen LogP contribution in [0.15, 0.2) is 76.4 Å². The van der Waals surface area contributed by atoms with Gasteiger partial charge in [-0.3, -0.25) is 14.7 Å². The van der Waals surface area contributed by atoms with Crippen LogP contribution in [0.3, 0.4) is 0 Å². The molecule has 8 nitrogen and oxygen atoms in total. The van der Waals surface area contributed by atoms with Crippen LogP contribution >= 0.6 is 27.3 Å². The van der Waals surface area contributed by atoms with E-state index in [0.29, 0.717) is 23.7 Å². The van der Waals surface area contributed by atoms with Crippen LogP contribution in [0.5, 0.6) is 5.75 Å². The summed E-state index contributed by atoms with van der Waals surface area (Å²) in [6.45, 7) is 0.513. The van der Waals surface area contributed by atoms with Crippen LogP contribution in [0.2, 0.25) is 0 Å². The molecule has 0 spiro atoms. The highest BCUT2D eigenvalue weighted by molar-refractivity contribution is 9.10. The van der Waals surface area contributed by atoms with E-state index in [1.54, 1.807) is 29.4 Å². The maximum absolute atomic E-state index is 14.0. The summed E-state index contributed by atoms with van der Waals surface area (Å²) in [4.78, 5) is 24.6. The zero-order valence-corrected chi connectivity index (χ0v) is 22.6. The molecule has 0 N–H and O–H groups in total. The van der Waals surface area contributed by atoms with Crippen molar-refractivity contribution in [3.63, 3.8) is 0 Å². The van der Waals surface area contributed by atoms with Gasteiger partial charge >= 0.3 is 0 Å². The fourth-order valence-electron chi connectivity index (χ4n) is 4.25. The number of amides is 1. The number of carbonyl (C=O) groups excluding carboxylic acids is 1. The van der Waals surface area contributed by atoms with E-state index in [2.05, 4.69) is 20.9 Å². The van der Waals surface area contributed by atoms with Gasteiger partial charge in [-0.25, -0.2) is 13.4 Å². The molecule has 1 atom stereocenters. The Morgan fingerprint density at radius 2 is 2.03 bits per heavy atom. The number of anilines is 1. The molecule has 1 unspecified atom stereocenters. The van der Waals surface area contributed by atoms with E-state index in [9.17, 15) is 13.2 Å². The van der Waals surface area contributed by atoms with E-state index in [-0.39, 0.29) is 23.9 Å². The molecule has 1 saturated heterocycles. The molecule has 0 saturated carbocycles. The topological polar surface area (TPSA) is 92.7 Å². The van der Waals surface area contributed by atoms with Crippen molar-refractivity contribution >= 4 is 58.5 Å². The number of fused-ring (bicyclic) bond motifs is 1. The first-order valence-electron chi connectivity index (χ1n) is 11.3. The van der Waals surface area contributed by atoms with Crippen molar-refractivity contribution in [2.45, 2.75) is 30.3 Å². The van der Waals surface area contributed by atoms with E-state index >= 15 is 0 Å². The third-order valence-corrected chi connectivity index (χ3v) is 9.51. The second kappa shape index (κ2) is 10.3. The Hall–Kier alpha value is -2.86. The summed E-state index contributed by atoms with van der Waals surface area (Å²) in [7, 11) is -2.36. The van der Waals surface area contributed by atoms with Crippen molar-refractivity contribution in [3.8, 4) is 5.75 Å². The Labute approximate surface area is 221 Å². The average Bonchev–Trinajstić information content (AvgIpc) is 3.55. The minimum atomic E-state index is -3.88. The summed E-state index contributed by atoms with van der Waals surface area (Å²) in [5, 5.41) is 0.519. The molecular weight excluding hydrogens is 564 g/mol. The van der Waals surface area contributed by atoms with Gasteiger partial charge in [0.1, 0.15) is 11.8 Å². The van der Waals surface area contributed by atoms with Gasteiger partial charge < -0.3 is 4.74 Å². The van der Waals surface area contributed by atoms with E-state index < -0.39 is 16.1 Å². The zero-order chi connectivity index (χ0) is 25.3. The quantitative estimate of drug-likeness (QED) is 0.307. The molecule has 1 aliphatic heterocycles. The second-order valence-corrected chi connectivity index (χ2v) is 12.2. The fourth-order valence-corrected chi connectivity index (χ4v) is 7.43. The maximum atomic E-state index is 14.0. The highest BCUT2D eigenvalue weighted by atomic mass is 79.9. The fraction of sp³-hybridized carbons (Fsp3) is 0.240. The van der Waals surface area contributed by atoms with Crippen molar-refractivity contribution < 1.29 is 17.9 Å². The van der Waals surface area contributed by atoms with Crippen molar-refractivity contribution in [1.29, 1.82) is 0 Å². The number of halogens is 1. The van der Waals surface area contributed by atoms with E-state index in [0.717, 1.165) is 20.3 Å². The Kier molecular flexibility index (Phi) is 7.07. The summed E-state index contributed by atoms with van der Waals surface area (Å²) in [6, 6.07) is 14.8. The van der Waals surface area contributed by atoms with Crippen LogP contribution in [0, 0.1) is 0 Å². The van der Waals surface area contributed by atoms with Gasteiger partial charge in [0.2, 0.25) is 15.9 Å². The first-order valence-corrected chi connectivity index (χ1v) is 14.3. The van der Waals surface area contributed by atoms with E-state index in [1.807, 2.05) is 30.3 Å². The summed E-state index contributed by atoms with van der Waals surface area (Å²) in [5.41, 5.74) is 1.60. The predicted molar refractivity (Wildman–Crippen MR) is 143 cm³/mol. The average molecular weight is 588 g/mol. The second-order valence-electron chi connectivity index (χ2n) is 8.34. The first kappa shape index (κ1) is 24.8. The van der Waals surface area contributed by atoms with Gasteiger partial charge in [-0.05, 0) is 66.9 Å². The van der Waals surface area contributed by atoms with Crippen LogP contribution in [0.4, 0.5) is 5.13 Å². The normalized spacial score (nSPS) is 16.3. The van der Waals surface area contributed by atoms with E-state index in [1.165, 1.54) is 34.9 Å². The van der Waals surface area contributed by atoms with Crippen molar-refractivity contribution in [2.24, 2.45) is 0 Å². The Bertz CT molecular complexity index is 1490. The number of hydrogen-bond donors (Lipinski definition) is 0.